The van der Waals surface area contributed by atoms with Crippen LogP contribution in [0.1, 0.15) is 22.0 Å². The van der Waals surface area contributed by atoms with Crippen molar-refractivity contribution in [2.24, 2.45) is 0 Å². The summed E-state index contributed by atoms with van der Waals surface area (Å²) in [6, 6.07) is 16.1. The lowest BCUT2D eigenvalue weighted by Crippen LogP contribution is -2.19. The Morgan fingerprint density at radius 2 is 1.73 bits per heavy atom. The fraction of sp³-hybridized carbons (Fsp3) is 0.176. The number of carbonyl (C=O) groups is 2. The van der Waals surface area contributed by atoms with Gasteiger partial charge in [0.05, 0.1) is 13.2 Å². The summed E-state index contributed by atoms with van der Waals surface area (Å²) < 4.78 is 4.90. The Kier molecular flexibility index (Phi) is 8.00. The van der Waals surface area contributed by atoms with Gasteiger partial charge in [0.25, 0.3) is 0 Å². The Bertz CT molecular complexity index is 555. The lowest BCUT2D eigenvalue weighted by Gasteiger charge is -2.08. The van der Waals surface area contributed by atoms with E-state index in [9.17, 15) is 14.7 Å². The normalized spacial score (nSPS) is 10.6. The molecule has 0 aliphatic carbocycles. The molecule has 5 nitrogen and oxygen atoms in total. The molecule has 0 saturated heterocycles. The summed E-state index contributed by atoms with van der Waals surface area (Å²) in [5.41, 5.74) is 1.48. The average Bonchev–Trinajstić information content (AvgIpc) is 2.61. The number of aliphatic hydroxyl groups excluding tert-OH is 1. The highest BCUT2D eigenvalue weighted by Gasteiger charge is 2.04. The van der Waals surface area contributed by atoms with Gasteiger partial charge in [0, 0.05) is 12.1 Å². The molecule has 0 saturated carbocycles. The smallest absolute Gasteiger partial charge is 0.207 e. The summed E-state index contributed by atoms with van der Waals surface area (Å²) >= 11 is 0. The molecule has 0 fully saturated rings. The van der Waals surface area contributed by atoms with Crippen LogP contribution in [-0.4, -0.2) is 31.5 Å². The fourth-order valence-electron chi connectivity index (χ4n) is 1.64. The predicted octanol–water partition coefficient (Wildman–Crippen LogP) is 1.97. The number of benzene rings is 2. The second-order valence-electron chi connectivity index (χ2n) is 4.34. The number of aliphatic hydroxyl groups is 1. The van der Waals surface area contributed by atoms with Crippen LogP contribution in [-0.2, 0) is 4.79 Å². The van der Waals surface area contributed by atoms with Gasteiger partial charge in [-0.1, -0.05) is 30.3 Å². The molecular weight excluding hydrogens is 282 g/mol. The lowest BCUT2D eigenvalue weighted by molar-refractivity contribution is -0.109. The van der Waals surface area contributed by atoms with Crippen LogP contribution < -0.4 is 10.1 Å². The van der Waals surface area contributed by atoms with E-state index in [1.54, 1.807) is 31.4 Å². The van der Waals surface area contributed by atoms with Crippen LogP contribution in [0.5, 0.6) is 5.75 Å². The van der Waals surface area contributed by atoms with Crippen molar-refractivity contribution >= 4 is 12.7 Å². The molecule has 0 heterocycles. The van der Waals surface area contributed by atoms with Crippen molar-refractivity contribution in [2.45, 2.75) is 6.10 Å². The van der Waals surface area contributed by atoms with Gasteiger partial charge in [-0.3, -0.25) is 9.59 Å². The summed E-state index contributed by atoms with van der Waals surface area (Å²) in [5.74, 6) is 0.769. The van der Waals surface area contributed by atoms with Crippen molar-refractivity contribution in [2.75, 3.05) is 13.7 Å². The first-order valence-corrected chi connectivity index (χ1v) is 6.70. The standard InChI is InChI=1S/C9H11NO2.C8H8O2/c11-7-10-6-9(12)8-4-2-1-3-5-8;1-10-8-4-2-7(6-9)3-5-8/h1-5,7,9,12H,6H2,(H,10,11);2-6H,1H3. The van der Waals surface area contributed by atoms with Crippen LogP contribution in [0.2, 0.25) is 0 Å². The highest BCUT2D eigenvalue weighted by atomic mass is 16.5. The van der Waals surface area contributed by atoms with Crippen molar-refractivity contribution < 1.29 is 19.4 Å². The Labute approximate surface area is 129 Å². The number of aldehydes is 1. The van der Waals surface area contributed by atoms with E-state index in [4.69, 9.17) is 4.74 Å². The zero-order valence-electron chi connectivity index (χ0n) is 12.3. The van der Waals surface area contributed by atoms with Gasteiger partial charge in [0.15, 0.2) is 0 Å². The van der Waals surface area contributed by atoms with Gasteiger partial charge in [-0.2, -0.15) is 0 Å². The van der Waals surface area contributed by atoms with Crippen molar-refractivity contribution in [1.82, 2.24) is 5.32 Å². The Morgan fingerprint density at radius 1 is 1.09 bits per heavy atom. The Hall–Kier alpha value is -2.66. The molecule has 5 heteroatoms. The molecule has 2 rings (SSSR count). The van der Waals surface area contributed by atoms with E-state index in [2.05, 4.69) is 5.32 Å². The molecule has 1 atom stereocenters. The fourth-order valence-corrected chi connectivity index (χ4v) is 1.64. The monoisotopic (exact) mass is 301 g/mol. The maximum Gasteiger partial charge on any atom is 0.207 e. The van der Waals surface area contributed by atoms with Crippen LogP contribution in [0.15, 0.2) is 54.6 Å². The molecule has 22 heavy (non-hydrogen) atoms. The third kappa shape index (κ3) is 6.19. The molecule has 0 bridgehead atoms. The number of methoxy groups -OCH3 is 1. The van der Waals surface area contributed by atoms with Gasteiger partial charge < -0.3 is 15.2 Å². The summed E-state index contributed by atoms with van der Waals surface area (Å²) in [5, 5.41) is 11.8. The Balaban J connectivity index is 0.000000224. The van der Waals surface area contributed by atoms with Gasteiger partial charge in [0.1, 0.15) is 12.0 Å². The summed E-state index contributed by atoms with van der Waals surface area (Å²) in [7, 11) is 1.59. The van der Waals surface area contributed by atoms with Crippen molar-refractivity contribution in [3.05, 3.63) is 65.7 Å². The molecular formula is C17H19NO4. The van der Waals surface area contributed by atoms with Gasteiger partial charge in [-0.15, -0.1) is 0 Å². The average molecular weight is 301 g/mol. The molecule has 2 N–H and O–H groups in total. The molecule has 1 amide bonds. The van der Waals surface area contributed by atoms with Gasteiger partial charge in [-0.25, -0.2) is 0 Å². The first-order valence-electron chi connectivity index (χ1n) is 6.70. The van der Waals surface area contributed by atoms with Gasteiger partial charge >= 0.3 is 0 Å². The summed E-state index contributed by atoms with van der Waals surface area (Å²) in [4.78, 5) is 20.1. The minimum absolute atomic E-state index is 0.257. The van der Waals surface area contributed by atoms with E-state index < -0.39 is 6.10 Å². The second kappa shape index (κ2) is 10.1. The molecule has 116 valence electrons. The minimum Gasteiger partial charge on any atom is -0.497 e. The molecule has 0 radical (unpaired) electrons. The van der Waals surface area contributed by atoms with E-state index in [0.29, 0.717) is 12.0 Å². The number of hydrogen-bond acceptors (Lipinski definition) is 4. The third-order valence-corrected chi connectivity index (χ3v) is 2.83. The number of hydrogen-bond donors (Lipinski definition) is 2. The summed E-state index contributed by atoms with van der Waals surface area (Å²) in [6.45, 7) is 0.257. The topological polar surface area (TPSA) is 75.6 Å². The van der Waals surface area contributed by atoms with Crippen LogP contribution in [0.25, 0.3) is 0 Å². The number of nitrogens with one attached hydrogen (secondary N) is 1. The van der Waals surface area contributed by atoms with E-state index in [1.165, 1.54) is 0 Å². The summed E-state index contributed by atoms with van der Waals surface area (Å²) in [6.07, 6.45) is 0.766. The minimum atomic E-state index is -0.614. The van der Waals surface area contributed by atoms with E-state index in [1.807, 2.05) is 30.3 Å². The quantitative estimate of drug-likeness (QED) is 0.800. The Morgan fingerprint density at radius 3 is 2.23 bits per heavy atom. The number of carbonyl (C=O) groups excluding carboxylic acids is 2. The lowest BCUT2D eigenvalue weighted by atomic mass is 10.1. The molecule has 0 aromatic heterocycles. The van der Waals surface area contributed by atoms with Crippen LogP contribution in [0, 0.1) is 0 Å². The first kappa shape index (κ1) is 17.4. The largest absolute Gasteiger partial charge is 0.497 e. The highest BCUT2D eigenvalue weighted by molar-refractivity contribution is 5.74. The third-order valence-electron chi connectivity index (χ3n) is 2.83. The first-order chi connectivity index (χ1) is 10.7. The van der Waals surface area contributed by atoms with E-state index in [0.717, 1.165) is 17.6 Å². The number of rotatable bonds is 6. The molecule has 1 unspecified atom stereocenters. The number of ether oxygens (including phenoxy) is 1. The highest BCUT2D eigenvalue weighted by Crippen LogP contribution is 2.10. The zero-order valence-corrected chi connectivity index (χ0v) is 12.3. The SMILES string of the molecule is COc1ccc(C=O)cc1.O=CNCC(O)c1ccccc1. The van der Waals surface area contributed by atoms with Gasteiger partial charge in [0.2, 0.25) is 6.41 Å². The molecule has 2 aromatic carbocycles. The molecule has 0 aliphatic heterocycles. The maximum atomic E-state index is 10.2. The molecule has 0 aliphatic rings. The van der Waals surface area contributed by atoms with Crippen LogP contribution in [0.3, 0.4) is 0 Å². The van der Waals surface area contributed by atoms with E-state index in [-0.39, 0.29) is 6.54 Å². The van der Waals surface area contributed by atoms with Gasteiger partial charge in [-0.05, 0) is 29.8 Å². The van der Waals surface area contributed by atoms with Crippen molar-refractivity contribution in [3.8, 4) is 5.75 Å². The molecule has 2 aromatic rings. The van der Waals surface area contributed by atoms with Crippen molar-refractivity contribution in [1.29, 1.82) is 0 Å². The second-order valence-corrected chi connectivity index (χ2v) is 4.34. The van der Waals surface area contributed by atoms with Crippen LogP contribution >= 0.6 is 0 Å². The maximum absolute atomic E-state index is 10.2. The van der Waals surface area contributed by atoms with Crippen molar-refractivity contribution in [3.63, 3.8) is 0 Å². The molecule has 0 spiro atoms. The van der Waals surface area contributed by atoms with Crippen LogP contribution in [0.4, 0.5) is 0 Å². The predicted molar refractivity (Wildman–Crippen MR) is 83.9 cm³/mol. The number of amides is 1. The van der Waals surface area contributed by atoms with E-state index >= 15 is 0 Å². The zero-order chi connectivity index (χ0) is 16.2.